The van der Waals surface area contributed by atoms with E-state index in [1.165, 1.54) is 0 Å². The maximum absolute atomic E-state index is 12.6. The number of alkyl halides is 2. The summed E-state index contributed by atoms with van der Waals surface area (Å²) in [6.07, 6.45) is 0. The number of ether oxygens (including phenoxy) is 2. The van der Waals surface area contributed by atoms with Crippen LogP contribution < -0.4 is 20.7 Å². The van der Waals surface area contributed by atoms with Crippen LogP contribution in [0.1, 0.15) is 16.7 Å². The van der Waals surface area contributed by atoms with Gasteiger partial charge in [-0.15, -0.1) is 0 Å². The number of hydrogen-bond donors (Lipinski definition) is 3. The van der Waals surface area contributed by atoms with Crippen LogP contribution in [-0.4, -0.2) is 39.9 Å². The van der Waals surface area contributed by atoms with Crippen molar-refractivity contribution in [2.24, 2.45) is 4.99 Å². The predicted octanol–water partition coefficient (Wildman–Crippen LogP) is 3.52. The molecule has 8 heteroatoms. The van der Waals surface area contributed by atoms with Gasteiger partial charge in [-0.1, -0.05) is 29.8 Å². The highest BCUT2D eigenvalue weighted by molar-refractivity contribution is 5.79. The van der Waals surface area contributed by atoms with Gasteiger partial charge in [-0.3, -0.25) is 4.99 Å². The van der Waals surface area contributed by atoms with Crippen molar-refractivity contribution in [3.05, 3.63) is 59.2 Å². The Morgan fingerprint density at radius 3 is 2.45 bits per heavy atom. The van der Waals surface area contributed by atoms with E-state index in [1.807, 2.05) is 37.3 Å². The first-order valence-corrected chi connectivity index (χ1v) is 9.32. The van der Waals surface area contributed by atoms with E-state index in [0.717, 1.165) is 23.4 Å². The van der Waals surface area contributed by atoms with E-state index in [4.69, 9.17) is 4.74 Å². The number of aliphatic imine (C=N–C) groups is 1. The summed E-state index contributed by atoms with van der Waals surface area (Å²) in [6, 6.07) is 13.1. The third-order valence-corrected chi connectivity index (χ3v) is 4.15. The number of anilines is 1. The molecule has 0 amide bonds. The van der Waals surface area contributed by atoms with Crippen molar-refractivity contribution in [3.8, 4) is 5.75 Å². The fraction of sp³-hybridized carbons (Fsp3) is 0.381. The second-order valence-electron chi connectivity index (χ2n) is 6.39. The number of benzene rings is 2. The van der Waals surface area contributed by atoms with Gasteiger partial charge >= 0.3 is 6.61 Å². The van der Waals surface area contributed by atoms with Crippen LogP contribution in [0, 0.1) is 6.92 Å². The van der Waals surface area contributed by atoms with E-state index < -0.39 is 6.61 Å². The van der Waals surface area contributed by atoms with Crippen molar-refractivity contribution in [1.82, 2.24) is 10.6 Å². The van der Waals surface area contributed by atoms with Crippen LogP contribution in [0.3, 0.4) is 0 Å². The first-order valence-electron chi connectivity index (χ1n) is 9.32. The van der Waals surface area contributed by atoms with Crippen LogP contribution in [0.4, 0.5) is 14.5 Å². The summed E-state index contributed by atoms with van der Waals surface area (Å²) in [4.78, 5) is 4.18. The van der Waals surface area contributed by atoms with E-state index in [1.54, 1.807) is 26.3 Å². The molecule has 0 aliphatic heterocycles. The van der Waals surface area contributed by atoms with Crippen molar-refractivity contribution >= 4 is 11.6 Å². The molecule has 0 radical (unpaired) electrons. The highest BCUT2D eigenvalue weighted by atomic mass is 19.3. The molecule has 0 bridgehead atoms. The minimum atomic E-state index is -2.86. The van der Waals surface area contributed by atoms with Crippen molar-refractivity contribution in [1.29, 1.82) is 0 Å². The largest absolute Gasteiger partial charge is 0.434 e. The number of hydrogen-bond acceptors (Lipinski definition) is 4. The second kappa shape index (κ2) is 11.9. The number of guanidine groups is 1. The molecule has 6 nitrogen and oxygen atoms in total. The zero-order valence-corrected chi connectivity index (χ0v) is 17.0. The van der Waals surface area contributed by atoms with Crippen molar-refractivity contribution in [2.45, 2.75) is 26.6 Å². The summed E-state index contributed by atoms with van der Waals surface area (Å²) in [7, 11) is 3.33. The predicted molar refractivity (Wildman–Crippen MR) is 112 cm³/mol. The van der Waals surface area contributed by atoms with Gasteiger partial charge in [0.15, 0.2) is 5.96 Å². The molecule has 0 atom stereocenters. The molecule has 0 saturated heterocycles. The molecule has 0 heterocycles. The molecule has 0 aromatic heterocycles. The van der Waals surface area contributed by atoms with Crippen LogP contribution in [0.15, 0.2) is 47.5 Å². The summed E-state index contributed by atoms with van der Waals surface area (Å²) in [5.74, 6) is 0.724. The SMILES string of the molecule is CN=C(NCc1ccc(NCCOC)cc1)NCc1cc(C)ccc1OC(F)F. The lowest BCUT2D eigenvalue weighted by molar-refractivity contribution is -0.0504. The highest BCUT2D eigenvalue weighted by Crippen LogP contribution is 2.22. The van der Waals surface area contributed by atoms with Gasteiger partial charge in [0.1, 0.15) is 5.75 Å². The molecule has 0 spiro atoms. The molecule has 0 fully saturated rings. The number of nitrogens with zero attached hydrogens (tertiary/aromatic N) is 1. The molecule has 29 heavy (non-hydrogen) atoms. The fourth-order valence-corrected chi connectivity index (χ4v) is 2.68. The first kappa shape index (κ1) is 22.4. The summed E-state index contributed by atoms with van der Waals surface area (Å²) in [5.41, 5.74) is 3.71. The topological polar surface area (TPSA) is 66.9 Å². The van der Waals surface area contributed by atoms with E-state index in [0.29, 0.717) is 31.2 Å². The van der Waals surface area contributed by atoms with Gasteiger partial charge in [-0.2, -0.15) is 8.78 Å². The van der Waals surface area contributed by atoms with Gasteiger partial charge in [0.25, 0.3) is 0 Å². The highest BCUT2D eigenvalue weighted by Gasteiger charge is 2.10. The van der Waals surface area contributed by atoms with E-state index in [-0.39, 0.29) is 5.75 Å². The number of halogens is 2. The zero-order valence-electron chi connectivity index (χ0n) is 17.0. The monoisotopic (exact) mass is 406 g/mol. The minimum Gasteiger partial charge on any atom is -0.434 e. The molecule has 2 aromatic carbocycles. The maximum Gasteiger partial charge on any atom is 0.387 e. The van der Waals surface area contributed by atoms with Crippen LogP contribution in [0.25, 0.3) is 0 Å². The first-order chi connectivity index (χ1) is 14.0. The minimum absolute atomic E-state index is 0.158. The second-order valence-corrected chi connectivity index (χ2v) is 6.39. The maximum atomic E-state index is 12.6. The molecule has 158 valence electrons. The quantitative estimate of drug-likeness (QED) is 0.320. The Kier molecular flexibility index (Phi) is 9.17. The smallest absolute Gasteiger partial charge is 0.387 e. The summed E-state index contributed by atoms with van der Waals surface area (Å²) >= 11 is 0. The van der Waals surface area contributed by atoms with E-state index in [9.17, 15) is 8.78 Å². The number of aryl methyl sites for hydroxylation is 1. The Morgan fingerprint density at radius 1 is 1.07 bits per heavy atom. The molecule has 0 saturated carbocycles. The normalized spacial score (nSPS) is 11.4. The number of nitrogens with one attached hydrogen (secondary N) is 3. The van der Waals surface area contributed by atoms with Crippen LogP contribution >= 0.6 is 0 Å². The lowest BCUT2D eigenvalue weighted by atomic mass is 10.1. The Hall–Kier alpha value is -2.87. The fourth-order valence-electron chi connectivity index (χ4n) is 2.68. The molecule has 2 aromatic rings. The van der Waals surface area contributed by atoms with E-state index >= 15 is 0 Å². The Labute approximate surface area is 170 Å². The third-order valence-electron chi connectivity index (χ3n) is 4.15. The number of methoxy groups -OCH3 is 1. The van der Waals surface area contributed by atoms with Gasteiger partial charge in [-0.25, -0.2) is 0 Å². The molecule has 2 rings (SSSR count). The Balaban J connectivity index is 1.88. The van der Waals surface area contributed by atoms with Crippen LogP contribution in [-0.2, 0) is 17.8 Å². The van der Waals surface area contributed by atoms with Gasteiger partial charge in [-0.05, 0) is 30.7 Å². The van der Waals surface area contributed by atoms with Crippen molar-refractivity contribution < 1.29 is 18.3 Å². The standard InChI is InChI=1S/C21H28F2N4O2/c1-15-4-9-19(29-20(22)23)17(12-15)14-27-21(24-2)26-13-16-5-7-18(8-6-16)25-10-11-28-3/h4-9,12,20,25H,10-11,13-14H2,1-3H3,(H2,24,26,27). The van der Waals surface area contributed by atoms with Gasteiger partial charge < -0.3 is 25.4 Å². The van der Waals surface area contributed by atoms with Crippen LogP contribution in [0.2, 0.25) is 0 Å². The van der Waals surface area contributed by atoms with Crippen molar-refractivity contribution in [2.75, 3.05) is 32.6 Å². The number of rotatable bonds is 10. The molecule has 0 unspecified atom stereocenters. The average Bonchev–Trinajstić information content (AvgIpc) is 2.71. The molecule has 0 aliphatic rings. The summed E-state index contributed by atoms with van der Waals surface area (Å²) in [5, 5.41) is 9.61. The molecule has 3 N–H and O–H groups in total. The van der Waals surface area contributed by atoms with E-state index in [2.05, 4.69) is 25.7 Å². The van der Waals surface area contributed by atoms with Crippen molar-refractivity contribution in [3.63, 3.8) is 0 Å². The molecular weight excluding hydrogens is 378 g/mol. The average molecular weight is 406 g/mol. The van der Waals surface area contributed by atoms with Crippen LogP contribution in [0.5, 0.6) is 5.75 Å². The van der Waals surface area contributed by atoms with Gasteiger partial charge in [0.2, 0.25) is 0 Å². The zero-order chi connectivity index (χ0) is 21.1. The summed E-state index contributed by atoms with van der Waals surface area (Å²) < 4.78 is 34.8. The molecular formula is C21H28F2N4O2. The van der Waals surface area contributed by atoms with Gasteiger partial charge in [0, 0.05) is 45.0 Å². The lowest BCUT2D eigenvalue weighted by Gasteiger charge is -2.15. The third kappa shape index (κ3) is 7.95. The lowest BCUT2D eigenvalue weighted by Crippen LogP contribution is -2.36. The Bertz CT molecular complexity index is 783. The van der Waals surface area contributed by atoms with Gasteiger partial charge in [0.05, 0.1) is 6.61 Å². The molecule has 0 aliphatic carbocycles. The summed E-state index contributed by atoms with van der Waals surface area (Å²) in [6.45, 7) is 1.33. The Morgan fingerprint density at radius 2 is 1.79 bits per heavy atom.